The van der Waals surface area contributed by atoms with Gasteiger partial charge in [0.2, 0.25) is 5.91 Å². The van der Waals surface area contributed by atoms with Crippen LogP contribution in [0.4, 0.5) is 0 Å². The minimum atomic E-state index is -0.460. The van der Waals surface area contributed by atoms with Gasteiger partial charge in [-0.25, -0.2) is 0 Å². The Balaban J connectivity index is 1.88. The quantitative estimate of drug-likeness (QED) is 0.784. The first-order chi connectivity index (χ1) is 12.1. The zero-order valence-electron chi connectivity index (χ0n) is 15.6. The molecule has 0 unspecified atom stereocenters. The second-order valence-corrected chi connectivity index (χ2v) is 6.58. The number of amides is 1. The molecule has 1 aliphatic carbocycles. The van der Waals surface area contributed by atoms with Crippen molar-refractivity contribution < 1.29 is 19.4 Å². The summed E-state index contributed by atoms with van der Waals surface area (Å²) in [5.74, 6) is 0.966. The first-order valence-electron chi connectivity index (χ1n) is 9.31. The molecule has 5 nitrogen and oxygen atoms in total. The van der Waals surface area contributed by atoms with Crippen LogP contribution in [0.2, 0.25) is 0 Å². The van der Waals surface area contributed by atoms with E-state index in [1.807, 2.05) is 30.0 Å². The van der Waals surface area contributed by atoms with Gasteiger partial charge in [-0.1, -0.05) is 25.1 Å². The number of benzene rings is 1. The van der Waals surface area contributed by atoms with Crippen molar-refractivity contribution >= 4 is 5.91 Å². The van der Waals surface area contributed by atoms with Crippen LogP contribution in [0.15, 0.2) is 24.3 Å². The minimum absolute atomic E-state index is 0.0729. The summed E-state index contributed by atoms with van der Waals surface area (Å²) in [6.45, 7) is 5.81. The molecule has 25 heavy (non-hydrogen) atoms. The number of hydrogen-bond acceptors (Lipinski definition) is 4. The van der Waals surface area contributed by atoms with Crippen LogP contribution in [0.1, 0.15) is 38.7 Å². The van der Waals surface area contributed by atoms with Crippen LogP contribution in [0.3, 0.4) is 0 Å². The number of para-hydroxylation sites is 1. The number of aliphatic hydroxyl groups excluding tert-OH is 1. The Kier molecular flexibility index (Phi) is 7.72. The van der Waals surface area contributed by atoms with E-state index in [-0.39, 0.29) is 17.9 Å². The zero-order chi connectivity index (χ0) is 18.2. The zero-order valence-corrected chi connectivity index (χ0v) is 15.6. The highest BCUT2D eigenvalue weighted by molar-refractivity contribution is 5.79. The number of carbonyl (C=O) groups is 1. The molecule has 140 valence electrons. The molecule has 1 saturated carbocycles. The number of nitrogens with zero attached hydrogens (tertiary/aromatic N) is 1. The maximum Gasteiger partial charge on any atom is 0.225 e. The summed E-state index contributed by atoms with van der Waals surface area (Å²) in [4.78, 5) is 14.6. The van der Waals surface area contributed by atoms with E-state index in [2.05, 4.69) is 13.0 Å². The van der Waals surface area contributed by atoms with Gasteiger partial charge >= 0.3 is 0 Å². The number of methoxy groups -OCH3 is 1. The predicted octanol–water partition coefficient (Wildman–Crippen LogP) is 2.65. The summed E-state index contributed by atoms with van der Waals surface area (Å²) in [5, 5.41) is 9.91. The average molecular weight is 349 g/mol. The molecule has 1 aliphatic rings. The molecule has 0 bridgehead atoms. The van der Waals surface area contributed by atoms with Crippen molar-refractivity contribution in [2.24, 2.45) is 5.92 Å². The Morgan fingerprint density at radius 1 is 1.28 bits per heavy atom. The summed E-state index contributed by atoms with van der Waals surface area (Å²) >= 11 is 0. The van der Waals surface area contributed by atoms with Gasteiger partial charge in [0.1, 0.15) is 12.4 Å². The van der Waals surface area contributed by atoms with Crippen LogP contribution >= 0.6 is 0 Å². The number of carbonyl (C=O) groups excluding carboxylic acids is 1. The third kappa shape index (κ3) is 5.19. The van der Waals surface area contributed by atoms with Gasteiger partial charge in [-0.05, 0) is 44.2 Å². The highest BCUT2D eigenvalue weighted by Crippen LogP contribution is 2.28. The maximum atomic E-state index is 12.8. The third-order valence-corrected chi connectivity index (χ3v) is 5.07. The van der Waals surface area contributed by atoms with Crippen LogP contribution in [-0.2, 0) is 16.0 Å². The third-order valence-electron chi connectivity index (χ3n) is 5.07. The largest absolute Gasteiger partial charge is 0.491 e. The van der Waals surface area contributed by atoms with E-state index in [4.69, 9.17) is 9.47 Å². The molecule has 0 radical (unpaired) electrons. The normalized spacial score (nSPS) is 23.3. The van der Waals surface area contributed by atoms with Gasteiger partial charge in [0.25, 0.3) is 0 Å². The Bertz CT molecular complexity index is 548. The topological polar surface area (TPSA) is 59.0 Å². The number of rotatable bonds is 8. The minimum Gasteiger partial charge on any atom is -0.491 e. The number of likely N-dealkylation sites (N-methyl/N-ethyl adjacent to an activating group) is 1. The molecule has 0 spiro atoms. The van der Waals surface area contributed by atoms with Crippen molar-refractivity contribution in [1.82, 2.24) is 4.90 Å². The van der Waals surface area contributed by atoms with Crippen LogP contribution in [0.25, 0.3) is 0 Å². The summed E-state index contributed by atoms with van der Waals surface area (Å²) in [6, 6.07) is 8.02. The van der Waals surface area contributed by atoms with E-state index < -0.39 is 6.10 Å². The van der Waals surface area contributed by atoms with E-state index in [1.165, 1.54) is 5.56 Å². The van der Waals surface area contributed by atoms with Gasteiger partial charge in [-0.3, -0.25) is 4.79 Å². The lowest BCUT2D eigenvalue weighted by molar-refractivity contribution is -0.141. The van der Waals surface area contributed by atoms with E-state index >= 15 is 0 Å². The standard InChI is InChI=1S/C20H31NO4/c1-4-15-8-6-7-9-18(15)25-13-12-21(5-2)20(23)16-10-11-17(22)19(14-16)24-3/h6-9,16-17,19,22H,4-5,10-14H2,1-3H3/t16-,17+,19-/m1/s1. The first-order valence-corrected chi connectivity index (χ1v) is 9.31. The van der Waals surface area contributed by atoms with Gasteiger partial charge in [0.05, 0.1) is 18.8 Å². The molecular formula is C20H31NO4. The molecular weight excluding hydrogens is 318 g/mol. The molecule has 1 fully saturated rings. The fourth-order valence-electron chi connectivity index (χ4n) is 3.48. The smallest absolute Gasteiger partial charge is 0.225 e. The average Bonchev–Trinajstić information content (AvgIpc) is 2.65. The van der Waals surface area contributed by atoms with E-state index in [0.717, 1.165) is 18.6 Å². The lowest BCUT2D eigenvalue weighted by Crippen LogP contribution is -2.44. The van der Waals surface area contributed by atoms with Crippen LogP contribution in [0, 0.1) is 5.92 Å². The van der Waals surface area contributed by atoms with Crippen molar-refractivity contribution in [2.45, 2.75) is 51.7 Å². The summed E-state index contributed by atoms with van der Waals surface area (Å²) in [7, 11) is 1.59. The van der Waals surface area contributed by atoms with Gasteiger partial charge in [0.15, 0.2) is 0 Å². The summed E-state index contributed by atoms with van der Waals surface area (Å²) < 4.78 is 11.2. The Morgan fingerprint density at radius 3 is 2.72 bits per heavy atom. The molecule has 0 aliphatic heterocycles. The van der Waals surface area contributed by atoms with Crippen LogP contribution in [0.5, 0.6) is 5.75 Å². The highest BCUT2D eigenvalue weighted by atomic mass is 16.5. The number of aliphatic hydroxyl groups is 1. The Labute approximate surface area is 150 Å². The van der Waals surface area contributed by atoms with Crippen LogP contribution in [-0.4, -0.2) is 54.9 Å². The molecule has 3 atom stereocenters. The van der Waals surface area contributed by atoms with Crippen molar-refractivity contribution in [3.8, 4) is 5.75 Å². The molecule has 1 aromatic rings. The molecule has 5 heteroatoms. The van der Waals surface area contributed by atoms with E-state index in [9.17, 15) is 9.90 Å². The summed E-state index contributed by atoms with van der Waals surface area (Å²) in [5.41, 5.74) is 1.18. The molecule has 0 heterocycles. The second kappa shape index (κ2) is 9.78. The first kappa shape index (κ1) is 19.7. The Morgan fingerprint density at radius 2 is 2.04 bits per heavy atom. The number of ether oxygens (including phenoxy) is 2. The van der Waals surface area contributed by atoms with E-state index in [0.29, 0.717) is 32.5 Å². The fourth-order valence-corrected chi connectivity index (χ4v) is 3.48. The molecule has 2 rings (SSSR count). The van der Waals surface area contributed by atoms with Crippen molar-refractivity contribution in [3.05, 3.63) is 29.8 Å². The molecule has 0 aromatic heterocycles. The van der Waals surface area contributed by atoms with Gasteiger partial charge in [-0.15, -0.1) is 0 Å². The monoisotopic (exact) mass is 349 g/mol. The van der Waals surface area contributed by atoms with Gasteiger partial charge in [0, 0.05) is 19.6 Å². The molecule has 1 N–H and O–H groups in total. The molecule has 0 saturated heterocycles. The highest BCUT2D eigenvalue weighted by Gasteiger charge is 2.34. The number of hydrogen-bond donors (Lipinski definition) is 1. The Hall–Kier alpha value is -1.59. The van der Waals surface area contributed by atoms with Crippen molar-refractivity contribution in [2.75, 3.05) is 26.8 Å². The van der Waals surface area contributed by atoms with Crippen molar-refractivity contribution in [3.63, 3.8) is 0 Å². The van der Waals surface area contributed by atoms with Crippen molar-refractivity contribution in [1.29, 1.82) is 0 Å². The van der Waals surface area contributed by atoms with Gasteiger partial charge < -0.3 is 19.5 Å². The fraction of sp³-hybridized carbons (Fsp3) is 0.650. The molecule has 1 amide bonds. The lowest BCUT2D eigenvalue weighted by Gasteiger charge is -2.34. The van der Waals surface area contributed by atoms with Crippen LogP contribution < -0.4 is 4.74 Å². The predicted molar refractivity (Wildman–Crippen MR) is 97.7 cm³/mol. The van der Waals surface area contributed by atoms with Gasteiger partial charge in [-0.2, -0.15) is 0 Å². The molecule has 1 aromatic carbocycles. The second-order valence-electron chi connectivity index (χ2n) is 6.58. The van der Waals surface area contributed by atoms with E-state index in [1.54, 1.807) is 7.11 Å². The SMILES string of the molecule is CCc1ccccc1OCCN(CC)C(=O)[C@@H]1CC[C@H](O)[C@H](OC)C1. The number of aryl methyl sites for hydroxylation is 1. The summed E-state index contributed by atoms with van der Waals surface area (Å²) in [6.07, 6.45) is 2.15. The lowest BCUT2D eigenvalue weighted by atomic mass is 9.84. The maximum absolute atomic E-state index is 12.8.